The number of benzene rings is 1. The Bertz CT molecular complexity index is 516. The molecule has 0 aromatic heterocycles. The summed E-state index contributed by atoms with van der Waals surface area (Å²) in [5.74, 6) is -1.78. The monoisotopic (exact) mass is 271 g/mol. The van der Waals surface area contributed by atoms with Gasteiger partial charge in [-0.1, -0.05) is 12.4 Å². The summed E-state index contributed by atoms with van der Waals surface area (Å²) < 4.78 is 22.5. The lowest BCUT2D eigenvalue weighted by Crippen LogP contribution is -2.45. The first-order valence-electron chi connectivity index (χ1n) is 5.79. The second-order valence-electron chi connectivity index (χ2n) is 4.41. The lowest BCUT2D eigenvalue weighted by atomic mass is 9.70. The number of hydrogen-bond acceptors (Lipinski definition) is 5. The summed E-state index contributed by atoms with van der Waals surface area (Å²) in [4.78, 5) is 11.2. The van der Waals surface area contributed by atoms with Crippen molar-refractivity contribution >= 4 is 12.7 Å². The average molecular weight is 271 g/mol. The third kappa shape index (κ3) is 2.79. The van der Waals surface area contributed by atoms with Crippen LogP contribution in [0, 0.1) is 0 Å². The third-order valence-electron chi connectivity index (χ3n) is 2.80. The number of carboxylic acid groups (broad SMARTS) is 1. The molecule has 2 rings (SSSR count). The van der Waals surface area contributed by atoms with E-state index in [0.717, 1.165) is 6.92 Å². The van der Waals surface area contributed by atoms with Crippen molar-refractivity contribution in [3.05, 3.63) is 23.3 Å². The van der Waals surface area contributed by atoms with Crippen molar-refractivity contribution in [2.24, 2.45) is 0 Å². The standard InChI is InChI=1S/C11H13BFO6/c1-6(13)18-8-3-2-7-4-5-12(16,17)19-10(7)9(8)11(14)15/h2-3,6,16-17H,4-5H2,1H3,(H,14,15)/q-1. The van der Waals surface area contributed by atoms with Crippen LogP contribution in [0.4, 0.5) is 4.39 Å². The Kier molecular flexibility index (Phi) is 3.38. The molecular weight excluding hydrogens is 258 g/mol. The van der Waals surface area contributed by atoms with Gasteiger partial charge in [0, 0.05) is 6.92 Å². The highest BCUT2D eigenvalue weighted by atomic mass is 19.1. The van der Waals surface area contributed by atoms with E-state index in [4.69, 9.17) is 14.5 Å². The van der Waals surface area contributed by atoms with Crippen LogP contribution in [0.15, 0.2) is 12.1 Å². The van der Waals surface area contributed by atoms with Gasteiger partial charge in [-0.25, -0.2) is 9.18 Å². The van der Waals surface area contributed by atoms with Crippen molar-refractivity contribution in [2.45, 2.75) is 26.0 Å². The predicted octanol–water partition coefficient (Wildman–Crippen LogP) is 0.938. The summed E-state index contributed by atoms with van der Waals surface area (Å²) in [6.45, 7) is -1.98. The molecule has 1 unspecified atom stereocenters. The minimum absolute atomic E-state index is 0.0220. The van der Waals surface area contributed by atoms with E-state index < -0.39 is 24.6 Å². The summed E-state index contributed by atoms with van der Waals surface area (Å²) in [7, 11) is 0. The van der Waals surface area contributed by atoms with Gasteiger partial charge in [0.2, 0.25) is 6.36 Å². The number of alkyl halides is 1. The number of halogens is 1. The normalized spacial score (nSPS) is 18.1. The smallest absolute Gasteiger partial charge is 0.430 e. The number of aryl methyl sites for hydroxylation is 1. The Hall–Kier alpha value is -1.80. The van der Waals surface area contributed by atoms with E-state index in [2.05, 4.69) is 0 Å². The first-order chi connectivity index (χ1) is 8.80. The molecule has 0 amide bonds. The Balaban J connectivity index is 2.53. The molecular formula is C11H13BFO6-. The van der Waals surface area contributed by atoms with Crippen LogP contribution < -0.4 is 9.39 Å². The molecule has 8 heteroatoms. The van der Waals surface area contributed by atoms with Crippen molar-refractivity contribution in [1.82, 2.24) is 0 Å². The fourth-order valence-electron chi connectivity index (χ4n) is 2.01. The molecule has 1 aromatic carbocycles. The van der Waals surface area contributed by atoms with Crippen molar-refractivity contribution in [1.29, 1.82) is 0 Å². The second-order valence-corrected chi connectivity index (χ2v) is 4.41. The van der Waals surface area contributed by atoms with Gasteiger partial charge in [-0.15, -0.1) is 0 Å². The molecule has 1 aliphatic rings. The van der Waals surface area contributed by atoms with Crippen molar-refractivity contribution in [2.75, 3.05) is 0 Å². The highest BCUT2D eigenvalue weighted by Crippen LogP contribution is 2.38. The van der Waals surface area contributed by atoms with Crippen LogP contribution in [-0.2, 0) is 6.42 Å². The molecule has 1 heterocycles. The van der Waals surface area contributed by atoms with Crippen LogP contribution in [-0.4, -0.2) is 34.2 Å². The highest BCUT2D eigenvalue weighted by molar-refractivity contribution is 6.59. The molecule has 0 spiro atoms. The topological polar surface area (TPSA) is 96.2 Å². The van der Waals surface area contributed by atoms with Crippen molar-refractivity contribution < 1.29 is 33.7 Å². The number of fused-ring (bicyclic) bond motifs is 1. The maximum atomic E-state index is 12.9. The van der Waals surface area contributed by atoms with Crippen LogP contribution in [0.1, 0.15) is 22.8 Å². The van der Waals surface area contributed by atoms with E-state index in [1.807, 2.05) is 0 Å². The molecule has 0 saturated carbocycles. The number of aromatic carboxylic acids is 1. The molecule has 3 N–H and O–H groups in total. The summed E-state index contributed by atoms with van der Waals surface area (Å²) in [5.41, 5.74) is 0.105. The van der Waals surface area contributed by atoms with E-state index in [0.29, 0.717) is 5.56 Å². The van der Waals surface area contributed by atoms with Crippen LogP contribution in [0.3, 0.4) is 0 Å². The van der Waals surface area contributed by atoms with Gasteiger partial charge < -0.3 is 24.5 Å². The molecule has 0 bridgehead atoms. The quantitative estimate of drug-likeness (QED) is 0.708. The molecule has 0 saturated heterocycles. The molecule has 1 atom stereocenters. The second kappa shape index (κ2) is 4.71. The molecule has 6 nitrogen and oxygen atoms in total. The minimum atomic E-state index is -3.09. The molecule has 1 aromatic rings. The summed E-state index contributed by atoms with van der Waals surface area (Å²) in [6.07, 6.45) is -1.46. The summed E-state index contributed by atoms with van der Waals surface area (Å²) >= 11 is 0. The lowest BCUT2D eigenvalue weighted by Gasteiger charge is -2.37. The lowest BCUT2D eigenvalue weighted by molar-refractivity contribution is 0.0651. The van der Waals surface area contributed by atoms with Gasteiger partial charge in [0.25, 0.3) is 0 Å². The van der Waals surface area contributed by atoms with Crippen LogP contribution in [0.2, 0.25) is 6.32 Å². The Morgan fingerprint density at radius 1 is 1.53 bits per heavy atom. The number of ether oxygens (including phenoxy) is 1. The maximum Gasteiger partial charge on any atom is 0.430 e. The fourth-order valence-corrected chi connectivity index (χ4v) is 2.01. The zero-order valence-electron chi connectivity index (χ0n) is 10.2. The number of carbonyl (C=O) groups is 1. The van der Waals surface area contributed by atoms with Gasteiger partial charge in [0.1, 0.15) is 11.3 Å². The molecule has 0 radical (unpaired) electrons. The Morgan fingerprint density at radius 3 is 2.79 bits per heavy atom. The molecule has 0 fully saturated rings. The zero-order chi connectivity index (χ0) is 14.2. The van der Waals surface area contributed by atoms with Crippen LogP contribution in [0.25, 0.3) is 0 Å². The van der Waals surface area contributed by atoms with Gasteiger partial charge in [-0.3, -0.25) is 0 Å². The van der Waals surface area contributed by atoms with E-state index in [-0.39, 0.29) is 24.2 Å². The van der Waals surface area contributed by atoms with E-state index in [1.54, 1.807) is 0 Å². The summed E-state index contributed by atoms with van der Waals surface area (Å²) in [5, 5.41) is 28.1. The van der Waals surface area contributed by atoms with Gasteiger partial charge in [-0.05, 0) is 18.1 Å². The summed E-state index contributed by atoms with van der Waals surface area (Å²) in [6, 6.07) is 2.85. The van der Waals surface area contributed by atoms with Gasteiger partial charge in [-0.2, -0.15) is 0 Å². The molecule has 0 aliphatic carbocycles. The highest BCUT2D eigenvalue weighted by Gasteiger charge is 2.32. The number of hydrogen-bond donors (Lipinski definition) is 3. The minimum Gasteiger partial charge on any atom is -0.669 e. The van der Waals surface area contributed by atoms with E-state index >= 15 is 0 Å². The predicted molar refractivity (Wildman–Crippen MR) is 63.9 cm³/mol. The van der Waals surface area contributed by atoms with E-state index in [9.17, 15) is 19.2 Å². The Labute approximate surface area is 108 Å². The van der Waals surface area contributed by atoms with Gasteiger partial charge in [0.15, 0.2) is 0 Å². The SMILES string of the molecule is CC(F)Oc1ccc2c(c1C(=O)O)O[B-](O)(O)CC2. The van der Waals surface area contributed by atoms with Gasteiger partial charge >= 0.3 is 12.7 Å². The maximum absolute atomic E-state index is 12.9. The first-order valence-corrected chi connectivity index (χ1v) is 5.79. The fraction of sp³-hybridized carbons (Fsp3) is 0.364. The average Bonchev–Trinajstić information content (AvgIpc) is 2.25. The number of rotatable bonds is 3. The first kappa shape index (κ1) is 13.6. The van der Waals surface area contributed by atoms with Crippen LogP contribution in [0.5, 0.6) is 11.5 Å². The Morgan fingerprint density at radius 2 is 2.21 bits per heavy atom. The number of carboxylic acids is 1. The largest absolute Gasteiger partial charge is 0.669 e. The van der Waals surface area contributed by atoms with Gasteiger partial charge in [0.05, 0.1) is 5.75 Å². The molecule has 1 aliphatic heterocycles. The van der Waals surface area contributed by atoms with Crippen molar-refractivity contribution in [3.8, 4) is 11.5 Å². The third-order valence-corrected chi connectivity index (χ3v) is 2.80. The van der Waals surface area contributed by atoms with Crippen molar-refractivity contribution in [3.63, 3.8) is 0 Å². The van der Waals surface area contributed by atoms with E-state index in [1.165, 1.54) is 12.1 Å². The molecule has 19 heavy (non-hydrogen) atoms. The zero-order valence-corrected chi connectivity index (χ0v) is 10.2. The molecule has 104 valence electrons. The van der Waals surface area contributed by atoms with Crippen LogP contribution >= 0.6 is 0 Å².